The van der Waals surface area contributed by atoms with Crippen LogP contribution in [0.25, 0.3) is 11.1 Å². The lowest BCUT2D eigenvalue weighted by Gasteiger charge is -2.35. The Morgan fingerprint density at radius 1 is 0.962 bits per heavy atom. The van der Waals surface area contributed by atoms with Crippen molar-refractivity contribution >= 4 is 33.7 Å². The number of aryl methyl sites for hydroxylation is 1. The normalized spacial score (nSPS) is 27.4. The van der Waals surface area contributed by atoms with Gasteiger partial charge in [0, 0.05) is 6.42 Å². The van der Waals surface area contributed by atoms with Crippen LogP contribution in [0.2, 0.25) is 0 Å². The van der Waals surface area contributed by atoms with E-state index in [9.17, 15) is 27.6 Å². The molecule has 53 heavy (non-hydrogen) atoms. The van der Waals surface area contributed by atoms with Crippen LogP contribution in [0.3, 0.4) is 0 Å². The number of carbonyl (C=O) groups excluding carboxylic acids is 4. The van der Waals surface area contributed by atoms with E-state index in [0.717, 1.165) is 55.2 Å². The second-order valence-corrected chi connectivity index (χ2v) is 18.4. The fraction of sp³-hybridized carbons (Fsp3) is 0.610. The molecule has 0 aromatic heterocycles. The van der Waals surface area contributed by atoms with E-state index in [0.29, 0.717) is 38.0 Å². The molecule has 2 aliphatic carbocycles. The number of amides is 3. The topological polar surface area (TPSA) is 148 Å². The number of hydrogen-bond acceptors (Lipinski definition) is 8. The molecule has 3 fully saturated rings. The van der Waals surface area contributed by atoms with E-state index in [-0.39, 0.29) is 31.2 Å². The first-order valence-electron chi connectivity index (χ1n) is 19.4. The van der Waals surface area contributed by atoms with Crippen LogP contribution in [-0.2, 0) is 40.4 Å². The molecule has 0 spiro atoms. The summed E-state index contributed by atoms with van der Waals surface area (Å²) in [6.07, 6.45) is 6.77. The number of hydrogen-bond donors (Lipinski definition) is 2. The van der Waals surface area contributed by atoms with Crippen molar-refractivity contribution in [2.75, 3.05) is 13.2 Å². The van der Waals surface area contributed by atoms with E-state index in [1.807, 2.05) is 64.1 Å². The first-order valence-corrected chi connectivity index (χ1v) is 21.0. The van der Waals surface area contributed by atoms with Crippen LogP contribution in [0.4, 0.5) is 0 Å². The minimum Gasteiger partial charge on any atom is -0.488 e. The molecule has 1 saturated heterocycles. The van der Waals surface area contributed by atoms with Crippen molar-refractivity contribution in [1.82, 2.24) is 14.9 Å². The van der Waals surface area contributed by atoms with Gasteiger partial charge in [0.15, 0.2) is 0 Å². The fourth-order valence-electron chi connectivity index (χ4n) is 7.85. The van der Waals surface area contributed by atoms with Gasteiger partial charge in [-0.05, 0) is 72.6 Å². The van der Waals surface area contributed by atoms with Crippen LogP contribution in [0.15, 0.2) is 48.5 Å². The maximum Gasteiger partial charge on any atom is 0.306 e. The van der Waals surface area contributed by atoms with E-state index in [1.165, 1.54) is 4.90 Å². The zero-order valence-corrected chi connectivity index (χ0v) is 32.3. The van der Waals surface area contributed by atoms with E-state index in [2.05, 4.69) is 22.2 Å². The van der Waals surface area contributed by atoms with Gasteiger partial charge in [-0.3, -0.25) is 23.9 Å². The molecule has 2 saturated carbocycles. The SMILES string of the molecule is CC[C@@H]1C[C@]1(NC(=O)[C@@H]1C[C@@H]2CN1C(=O)[C@H](C(C)(C)C)CC(=O)OCCCCCCCc1ccc(-c3ccccc3)cc1O2)C(=O)NS(=O)(=O)C1CC1. The zero-order valence-electron chi connectivity index (χ0n) is 31.5. The summed E-state index contributed by atoms with van der Waals surface area (Å²) in [7, 11) is -3.84. The standard InChI is InChI=1S/C41H55N3O8S/c1-5-30-25-41(30,39(48)43-53(49,50)32-19-20-32)42-37(46)34-23-31-26-44(34)38(47)33(40(2,3)4)24-36(45)51-21-13-8-6-7-10-16-28-17-18-29(22-35(28)52-31)27-14-11-9-12-15-27/h9,11-12,14-15,17-18,22,30-34H,5-8,10,13,16,19-21,23-26H2,1-4H3,(H,42,46)(H,43,48)/t30-,31-,33-,34+,41-/m1/s1. The van der Waals surface area contributed by atoms with Crippen LogP contribution in [0.1, 0.15) is 104 Å². The molecule has 6 rings (SSSR count). The highest BCUT2D eigenvalue weighted by Gasteiger charge is 2.62. The predicted molar refractivity (Wildman–Crippen MR) is 201 cm³/mol. The second kappa shape index (κ2) is 15.8. The predicted octanol–water partition coefficient (Wildman–Crippen LogP) is 5.70. The van der Waals surface area contributed by atoms with Crippen LogP contribution in [-0.4, -0.2) is 73.1 Å². The van der Waals surface area contributed by atoms with E-state index >= 15 is 0 Å². The van der Waals surface area contributed by atoms with Gasteiger partial charge in [-0.15, -0.1) is 0 Å². The summed E-state index contributed by atoms with van der Waals surface area (Å²) in [6.45, 7) is 7.96. The molecular weight excluding hydrogens is 695 g/mol. The van der Waals surface area contributed by atoms with Gasteiger partial charge in [0.25, 0.3) is 5.91 Å². The molecule has 2 bridgehead atoms. The van der Waals surface area contributed by atoms with Gasteiger partial charge in [0.1, 0.15) is 23.4 Å². The highest BCUT2D eigenvalue weighted by atomic mass is 32.2. The molecule has 0 radical (unpaired) electrons. The fourth-order valence-corrected chi connectivity index (χ4v) is 9.22. The summed E-state index contributed by atoms with van der Waals surface area (Å²) >= 11 is 0. The molecule has 288 valence electrons. The highest BCUT2D eigenvalue weighted by Crippen LogP contribution is 2.47. The minimum absolute atomic E-state index is 0.0972. The third-order valence-electron chi connectivity index (χ3n) is 11.4. The Balaban J connectivity index is 1.32. The molecule has 12 heteroatoms. The Kier molecular flexibility index (Phi) is 11.6. The molecule has 2 heterocycles. The third kappa shape index (κ3) is 9.07. The molecule has 5 atom stereocenters. The van der Waals surface area contributed by atoms with Crippen LogP contribution < -0.4 is 14.8 Å². The van der Waals surface area contributed by atoms with E-state index in [4.69, 9.17) is 9.47 Å². The first kappa shape index (κ1) is 38.8. The molecule has 2 aliphatic heterocycles. The number of rotatable bonds is 7. The molecule has 3 amide bonds. The highest BCUT2D eigenvalue weighted by molar-refractivity contribution is 7.91. The minimum atomic E-state index is -3.84. The lowest BCUT2D eigenvalue weighted by Crippen LogP contribution is -2.57. The van der Waals surface area contributed by atoms with Crippen LogP contribution >= 0.6 is 0 Å². The summed E-state index contributed by atoms with van der Waals surface area (Å²) in [5.41, 5.74) is 1.05. The Morgan fingerprint density at radius 3 is 2.36 bits per heavy atom. The smallest absolute Gasteiger partial charge is 0.306 e. The molecule has 11 nitrogen and oxygen atoms in total. The Labute approximate surface area is 314 Å². The molecule has 4 aliphatic rings. The number of ether oxygens (including phenoxy) is 2. The summed E-state index contributed by atoms with van der Waals surface area (Å²) in [5, 5.41) is 2.33. The number of sulfonamides is 1. The molecule has 2 aromatic rings. The number of esters is 1. The van der Waals surface area contributed by atoms with Crippen molar-refractivity contribution in [2.24, 2.45) is 17.3 Å². The molecule has 2 aromatic carbocycles. The number of carbonyl (C=O) groups is 4. The van der Waals surface area contributed by atoms with Crippen molar-refractivity contribution in [3.63, 3.8) is 0 Å². The van der Waals surface area contributed by atoms with Crippen molar-refractivity contribution in [2.45, 2.75) is 128 Å². The van der Waals surface area contributed by atoms with Gasteiger partial charge in [-0.1, -0.05) is 95.8 Å². The van der Waals surface area contributed by atoms with Gasteiger partial charge in [-0.25, -0.2) is 8.42 Å². The van der Waals surface area contributed by atoms with Crippen molar-refractivity contribution < 1.29 is 37.1 Å². The number of fused-ring (bicyclic) bond motifs is 3. The second-order valence-electron chi connectivity index (χ2n) is 16.5. The lowest BCUT2D eigenvalue weighted by atomic mass is 9.77. The van der Waals surface area contributed by atoms with Gasteiger partial charge in [0.05, 0.1) is 30.7 Å². The maximum atomic E-state index is 14.6. The average molecular weight is 750 g/mol. The number of benzene rings is 2. The Hall–Kier alpha value is -3.93. The molecule has 0 unspecified atom stereocenters. The zero-order chi connectivity index (χ0) is 38.0. The van der Waals surface area contributed by atoms with Gasteiger partial charge < -0.3 is 19.7 Å². The number of nitrogens with zero attached hydrogens (tertiary/aromatic N) is 1. The quantitative estimate of drug-likeness (QED) is 0.343. The summed E-state index contributed by atoms with van der Waals surface area (Å²) < 4.78 is 40.1. The maximum absolute atomic E-state index is 14.6. The number of cyclic esters (lactones) is 1. The van der Waals surface area contributed by atoms with Crippen molar-refractivity contribution in [3.05, 3.63) is 54.1 Å². The van der Waals surface area contributed by atoms with Crippen LogP contribution in [0, 0.1) is 17.3 Å². The number of nitrogens with one attached hydrogen (secondary N) is 2. The van der Waals surface area contributed by atoms with E-state index in [1.54, 1.807) is 0 Å². The van der Waals surface area contributed by atoms with Crippen molar-refractivity contribution in [3.8, 4) is 16.9 Å². The monoisotopic (exact) mass is 749 g/mol. The third-order valence-corrected chi connectivity index (χ3v) is 13.3. The first-order chi connectivity index (χ1) is 25.2. The molecular formula is C41H55N3O8S. The lowest BCUT2D eigenvalue weighted by molar-refractivity contribution is -0.153. The molecule has 2 N–H and O–H groups in total. The largest absolute Gasteiger partial charge is 0.488 e. The summed E-state index contributed by atoms with van der Waals surface area (Å²) in [5.74, 6) is -2.42. The van der Waals surface area contributed by atoms with Gasteiger partial charge >= 0.3 is 5.97 Å². The Bertz CT molecular complexity index is 1790. The average Bonchev–Trinajstić information content (AvgIpc) is 4.05. The van der Waals surface area contributed by atoms with Crippen LogP contribution in [0.5, 0.6) is 5.75 Å². The van der Waals surface area contributed by atoms with E-state index < -0.39 is 62.1 Å². The van der Waals surface area contributed by atoms with Gasteiger partial charge in [0.2, 0.25) is 21.8 Å². The van der Waals surface area contributed by atoms with Gasteiger partial charge in [-0.2, -0.15) is 0 Å². The van der Waals surface area contributed by atoms with Crippen molar-refractivity contribution in [1.29, 1.82) is 0 Å². The Morgan fingerprint density at radius 2 is 1.68 bits per heavy atom. The summed E-state index contributed by atoms with van der Waals surface area (Å²) in [6, 6.07) is 15.2. The summed E-state index contributed by atoms with van der Waals surface area (Å²) in [4.78, 5) is 57.2.